The van der Waals surface area contributed by atoms with Crippen molar-refractivity contribution in [1.82, 2.24) is 25.4 Å². The van der Waals surface area contributed by atoms with E-state index in [9.17, 15) is 22.8 Å². The molecular weight excluding hydrogens is 471 g/mol. The summed E-state index contributed by atoms with van der Waals surface area (Å²) in [6.07, 6.45) is -4.09. The predicted octanol–water partition coefficient (Wildman–Crippen LogP) is 3.74. The van der Waals surface area contributed by atoms with Gasteiger partial charge in [-0.2, -0.15) is 13.2 Å². The Balaban J connectivity index is 1.74. The molecule has 0 fully saturated rings. The van der Waals surface area contributed by atoms with Crippen LogP contribution in [0.1, 0.15) is 18.3 Å². The van der Waals surface area contributed by atoms with Crippen molar-refractivity contribution >= 4 is 23.7 Å². The summed E-state index contributed by atoms with van der Waals surface area (Å²) in [5.41, 5.74) is 1.75. The van der Waals surface area contributed by atoms with Gasteiger partial charge >= 0.3 is 12.2 Å². The standard InChI is InChI=1S/C22H22F3N5O3S/c1-2-33-17-10-8-16(9-11-17)30-18(12-15-6-4-3-5-7-15)28-29-21(30)34-13-19(31)27-20(32)26-14-22(23,24)25/h3-11H,2,12-14H2,1H3,(H2,26,27,31,32). The van der Waals surface area contributed by atoms with Gasteiger partial charge in [0.1, 0.15) is 18.1 Å². The molecule has 1 heterocycles. The summed E-state index contributed by atoms with van der Waals surface area (Å²) in [6.45, 7) is 0.876. The van der Waals surface area contributed by atoms with Gasteiger partial charge in [-0.1, -0.05) is 42.1 Å². The summed E-state index contributed by atoms with van der Waals surface area (Å²) in [4.78, 5) is 23.6. The molecule has 0 unspecified atom stereocenters. The van der Waals surface area contributed by atoms with E-state index in [1.165, 1.54) is 0 Å². The number of thioether (sulfide) groups is 1. The van der Waals surface area contributed by atoms with E-state index in [4.69, 9.17) is 4.74 Å². The first-order chi connectivity index (χ1) is 16.2. The third-order valence-corrected chi connectivity index (χ3v) is 5.28. The topological polar surface area (TPSA) is 98.1 Å². The van der Waals surface area contributed by atoms with Gasteiger partial charge in [-0.05, 0) is 36.8 Å². The number of aromatic nitrogens is 3. The molecule has 12 heteroatoms. The number of carbonyl (C=O) groups excluding carboxylic acids is 2. The van der Waals surface area contributed by atoms with Crippen LogP contribution in [0.4, 0.5) is 18.0 Å². The quantitative estimate of drug-likeness (QED) is 0.441. The Bertz CT molecular complexity index is 1110. The molecule has 0 aliphatic heterocycles. The number of hydrogen-bond donors (Lipinski definition) is 2. The van der Waals surface area contributed by atoms with E-state index in [-0.39, 0.29) is 5.75 Å². The average Bonchev–Trinajstić information content (AvgIpc) is 3.19. The molecule has 1 aromatic heterocycles. The normalized spacial score (nSPS) is 11.2. The van der Waals surface area contributed by atoms with Crippen LogP contribution in [0.3, 0.4) is 0 Å². The van der Waals surface area contributed by atoms with E-state index in [0.29, 0.717) is 29.8 Å². The lowest BCUT2D eigenvalue weighted by atomic mass is 10.1. The van der Waals surface area contributed by atoms with Gasteiger partial charge < -0.3 is 10.1 Å². The summed E-state index contributed by atoms with van der Waals surface area (Å²) in [5, 5.41) is 12.3. The highest BCUT2D eigenvalue weighted by molar-refractivity contribution is 7.99. The van der Waals surface area contributed by atoms with Crippen LogP contribution < -0.4 is 15.4 Å². The summed E-state index contributed by atoms with van der Waals surface area (Å²) in [6, 6.07) is 15.7. The first-order valence-corrected chi connectivity index (χ1v) is 11.2. The molecule has 0 aliphatic rings. The average molecular weight is 494 g/mol. The van der Waals surface area contributed by atoms with E-state index in [1.54, 1.807) is 22.0 Å². The number of nitrogens with one attached hydrogen (secondary N) is 2. The summed E-state index contributed by atoms with van der Waals surface area (Å²) in [7, 11) is 0. The molecule has 0 atom stereocenters. The lowest BCUT2D eigenvalue weighted by molar-refractivity contribution is -0.124. The minimum absolute atomic E-state index is 0.250. The lowest BCUT2D eigenvalue weighted by Gasteiger charge is -2.12. The van der Waals surface area contributed by atoms with E-state index in [0.717, 1.165) is 23.0 Å². The Morgan fingerprint density at radius 3 is 2.41 bits per heavy atom. The molecule has 2 N–H and O–H groups in total. The number of alkyl halides is 3. The molecule has 180 valence electrons. The van der Waals surface area contributed by atoms with E-state index < -0.39 is 24.7 Å². The summed E-state index contributed by atoms with van der Waals surface area (Å²) >= 11 is 1.01. The number of ether oxygens (including phenoxy) is 1. The minimum atomic E-state index is -4.57. The van der Waals surface area contributed by atoms with Crippen molar-refractivity contribution in [3.8, 4) is 11.4 Å². The maximum atomic E-state index is 12.2. The predicted molar refractivity (Wildman–Crippen MR) is 120 cm³/mol. The molecule has 0 radical (unpaired) electrons. The number of amides is 3. The smallest absolute Gasteiger partial charge is 0.405 e. The highest BCUT2D eigenvalue weighted by Crippen LogP contribution is 2.25. The van der Waals surface area contributed by atoms with Crippen LogP contribution in [0.25, 0.3) is 5.69 Å². The molecular formula is C22H22F3N5O3S. The van der Waals surface area contributed by atoms with Crippen molar-refractivity contribution in [2.75, 3.05) is 18.9 Å². The number of carbonyl (C=O) groups is 2. The van der Waals surface area contributed by atoms with E-state index >= 15 is 0 Å². The second kappa shape index (κ2) is 11.5. The fourth-order valence-corrected chi connectivity index (χ4v) is 3.69. The Labute approximate surface area is 197 Å². The zero-order valence-electron chi connectivity index (χ0n) is 18.1. The molecule has 0 saturated heterocycles. The number of benzene rings is 2. The van der Waals surface area contributed by atoms with Crippen molar-refractivity contribution in [2.45, 2.75) is 24.7 Å². The zero-order chi connectivity index (χ0) is 24.6. The number of rotatable bonds is 9. The molecule has 34 heavy (non-hydrogen) atoms. The molecule has 3 aromatic rings. The number of imide groups is 1. The van der Waals surface area contributed by atoms with Gasteiger partial charge in [0.2, 0.25) is 5.91 Å². The Hall–Kier alpha value is -3.54. The van der Waals surface area contributed by atoms with Gasteiger partial charge in [-0.3, -0.25) is 14.7 Å². The third kappa shape index (κ3) is 7.51. The van der Waals surface area contributed by atoms with Crippen molar-refractivity contribution in [1.29, 1.82) is 0 Å². The molecule has 0 saturated carbocycles. The fourth-order valence-electron chi connectivity index (χ4n) is 2.92. The van der Waals surface area contributed by atoms with Crippen LogP contribution in [0.15, 0.2) is 59.8 Å². The van der Waals surface area contributed by atoms with Crippen LogP contribution in [-0.2, 0) is 11.2 Å². The second-order valence-electron chi connectivity index (χ2n) is 6.96. The van der Waals surface area contributed by atoms with Gasteiger partial charge in [0.05, 0.1) is 12.4 Å². The highest BCUT2D eigenvalue weighted by Gasteiger charge is 2.28. The second-order valence-corrected chi connectivity index (χ2v) is 7.90. The van der Waals surface area contributed by atoms with Gasteiger partial charge in [-0.25, -0.2) is 4.79 Å². The molecule has 0 bridgehead atoms. The van der Waals surface area contributed by atoms with Crippen molar-refractivity contribution in [2.24, 2.45) is 0 Å². The maximum absolute atomic E-state index is 12.2. The SMILES string of the molecule is CCOc1ccc(-n2c(Cc3ccccc3)nnc2SCC(=O)NC(=O)NCC(F)(F)F)cc1. The monoisotopic (exact) mass is 493 g/mol. The summed E-state index contributed by atoms with van der Waals surface area (Å²) in [5.74, 6) is 0.305. The first-order valence-electron chi connectivity index (χ1n) is 10.2. The van der Waals surface area contributed by atoms with Crippen molar-refractivity contribution < 1.29 is 27.5 Å². The number of hydrogen-bond acceptors (Lipinski definition) is 6. The zero-order valence-corrected chi connectivity index (χ0v) is 18.9. The molecule has 2 aromatic carbocycles. The summed E-state index contributed by atoms with van der Waals surface area (Å²) < 4.78 is 43.9. The lowest BCUT2D eigenvalue weighted by Crippen LogP contribution is -2.43. The van der Waals surface area contributed by atoms with Crippen molar-refractivity contribution in [3.05, 3.63) is 66.0 Å². The Kier molecular flexibility index (Phi) is 8.52. The largest absolute Gasteiger partial charge is 0.494 e. The van der Waals surface area contributed by atoms with Crippen LogP contribution in [-0.4, -0.2) is 51.8 Å². The van der Waals surface area contributed by atoms with E-state index in [2.05, 4.69) is 10.2 Å². The molecule has 0 aliphatic carbocycles. The van der Waals surface area contributed by atoms with Gasteiger partial charge in [0, 0.05) is 12.1 Å². The first kappa shape index (κ1) is 25.1. The molecule has 0 spiro atoms. The molecule has 3 rings (SSSR count). The van der Waals surface area contributed by atoms with Crippen molar-refractivity contribution in [3.63, 3.8) is 0 Å². The van der Waals surface area contributed by atoms with Crippen LogP contribution in [0, 0.1) is 0 Å². The number of nitrogens with zero attached hydrogens (tertiary/aromatic N) is 3. The van der Waals surface area contributed by atoms with Gasteiger partial charge in [0.25, 0.3) is 0 Å². The Morgan fingerprint density at radius 2 is 1.76 bits per heavy atom. The number of halogens is 3. The van der Waals surface area contributed by atoms with Gasteiger partial charge in [-0.15, -0.1) is 10.2 Å². The highest BCUT2D eigenvalue weighted by atomic mass is 32.2. The number of urea groups is 1. The third-order valence-electron chi connectivity index (χ3n) is 4.35. The van der Waals surface area contributed by atoms with Crippen LogP contribution >= 0.6 is 11.8 Å². The van der Waals surface area contributed by atoms with Gasteiger partial charge in [0.15, 0.2) is 5.16 Å². The Morgan fingerprint density at radius 1 is 1.06 bits per heavy atom. The fraction of sp³-hybridized carbons (Fsp3) is 0.273. The maximum Gasteiger partial charge on any atom is 0.405 e. The van der Waals surface area contributed by atoms with Crippen LogP contribution in [0.2, 0.25) is 0 Å². The van der Waals surface area contributed by atoms with Crippen LogP contribution in [0.5, 0.6) is 5.75 Å². The minimum Gasteiger partial charge on any atom is -0.494 e. The molecule has 3 amide bonds. The van der Waals surface area contributed by atoms with E-state index in [1.807, 2.05) is 54.7 Å². The molecule has 8 nitrogen and oxygen atoms in total.